The molecule has 0 aromatic carbocycles. The normalized spacial score (nSPS) is 12.4. The van der Waals surface area contributed by atoms with E-state index in [-0.39, 0.29) is 0 Å². The van der Waals surface area contributed by atoms with E-state index in [4.69, 9.17) is 0 Å². The van der Waals surface area contributed by atoms with Gasteiger partial charge in [0.05, 0.1) is 0 Å². The van der Waals surface area contributed by atoms with E-state index in [9.17, 15) is 0 Å². The van der Waals surface area contributed by atoms with Gasteiger partial charge in [0, 0.05) is 0 Å². The third kappa shape index (κ3) is 11.4. The van der Waals surface area contributed by atoms with E-state index in [2.05, 4.69) is 65.2 Å². The molecule has 0 fully saturated rings. The summed E-state index contributed by atoms with van der Waals surface area (Å²) in [6, 6.07) is 2.10. The fourth-order valence-electron chi connectivity index (χ4n) is 4.01. The Balaban J connectivity index is 4.20. The standard InChI is InChI=1S/2C9H20N.C3H7.In/c1-6-7-10(8(2)3)9(4)5;1-5-7-10(8-6-2)9(3)4;1-3-2;/h8-9H,1,6-7H2,2-5H3;9H,1,5-8H2,2-4H3;1,3H2,2H3;. The van der Waals surface area contributed by atoms with E-state index in [1.165, 1.54) is 45.3 Å². The van der Waals surface area contributed by atoms with Crippen LogP contribution in [-0.4, -0.2) is 69.0 Å². The first-order valence-corrected chi connectivity index (χ1v) is 17.8. The van der Waals surface area contributed by atoms with Crippen LogP contribution in [0.4, 0.5) is 0 Å². The summed E-state index contributed by atoms with van der Waals surface area (Å²) >= 11 is -1.26. The first kappa shape index (κ1) is 24.8. The van der Waals surface area contributed by atoms with Gasteiger partial charge in [-0.15, -0.1) is 0 Å². The minimum atomic E-state index is -1.26. The Bertz CT molecular complexity index is 271. The average Bonchev–Trinajstić information content (AvgIpc) is 2.49. The van der Waals surface area contributed by atoms with E-state index < -0.39 is 21.4 Å². The second-order valence-electron chi connectivity index (χ2n) is 8.49. The number of hydrogen-bond donors (Lipinski definition) is 0. The topological polar surface area (TPSA) is 6.48 Å². The minimum absolute atomic E-state index is 0.693. The zero-order valence-corrected chi connectivity index (χ0v) is 21.6. The molecule has 0 atom stereocenters. The molecule has 0 unspecified atom stereocenters. The summed E-state index contributed by atoms with van der Waals surface area (Å²) in [5.74, 6) is 0. The molecule has 0 rings (SSSR count). The van der Waals surface area contributed by atoms with Gasteiger partial charge >= 0.3 is 163 Å². The molecular formula is C21H47InN2. The predicted octanol–water partition coefficient (Wildman–Crippen LogP) is 5.91. The maximum atomic E-state index is 2.69. The van der Waals surface area contributed by atoms with Crippen molar-refractivity contribution in [3.63, 3.8) is 0 Å². The zero-order chi connectivity index (χ0) is 18.5. The van der Waals surface area contributed by atoms with Gasteiger partial charge in [-0.3, -0.25) is 0 Å². The van der Waals surface area contributed by atoms with Crippen LogP contribution in [-0.2, 0) is 0 Å². The number of hydrogen-bond acceptors (Lipinski definition) is 2. The summed E-state index contributed by atoms with van der Waals surface area (Å²) in [4.78, 5) is 5.37. The van der Waals surface area contributed by atoms with Crippen LogP contribution < -0.4 is 0 Å². The Hall–Kier alpha value is 0.790. The van der Waals surface area contributed by atoms with Crippen molar-refractivity contribution < 1.29 is 0 Å². The molecule has 0 aliphatic rings. The molecule has 0 N–H and O–H groups in total. The average molecular weight is 442 g/mol. The van der Waals surface area contributed by atoms with Gasteiger partial charge in [-0.2, -0.15) is 0 Å². The fraction of sp³-hybridized carbons (Fsp3) is 1.00. The molecule has 0 aliphatic carbocycles. The first-order valence-electron chi connectivity index (χ1n) is 10.8. The van der Waals surface area contributed by atoms with Crippen molar-refractivity contribution >= 4 is 21.4 Å². The third-order valence-electron chi connectivity index (χ3n) is 5.35. The summed E-state index contributed by atoms with van der Waals surface area (Å²) in [7, 11) is 0. The van der Waals surface area contributed by atoms with Gasteiger partial charge in [-0.05, 0) is 0 Å². The molecule has 0 heterocycles. The predicted molar refractivity (Wildman–Crippen MR) is 114 cm³/mol. The molecule has 0 amide bonds. The number of nitrogens with zero attached hydrogens (tertiary/aromatic N) is 2. The summed E-state index contributed by atoms with van der Waals surface area (Å²) in [6.07, 6.45) is 5.65. The van der Waals surface area contributed by atoms with Gasteiger partial charge in [0.2, 0.25) is 0 Å². The third-order valence-corrected chi connectivity index (χ3v) is 16.3. The van der Waals surface area contributed by atoms with Crippen LogP contribution in [0.5, 0.6) is 0 Å². The SMILES string of the molecule is CCCN(CC[CH2][In]([CH2]CC)[CH2]CCN(C(C)C)C(C)C)C(C)C. The molecule has 0 saturated carbocycles. The first-order chi connectivity index (χ1) is 11.3. The molecule has 3 heteroatoms. The van der Waals surface area contributed by atoms with Crippen LogP contribution in [0, 0.1) is 0 Å². The van der Waals surface area contributed by atoms with Crippen LogP contribution in [0.25, 0.3) is 0 Å². The second-order valence-corrected chi connectivity index (χ2v) is 18.4. The van der Waals surface area contributed by atoms with Gasteiger partial charge in [-0.25, -0.2) is 0 Å². The van der Waals surface area contributed by atoms with Crippen LogP contribution in [0.1, 0.15) is 81.1 Å². The molecule has 0 radical (unpaired) electrons. The molecule has 0 aliphatic heterocycles. The zero-order valence-electron chi connectivity index (χ0n) is 18.3. The van der Waals surface area contributed by atoms with Crippen molar-refractivity contribution in [2.75, 3.05) is 19.6 Å². The van der Waals surface area contributed by atoms with E-state index in [1.807, 2.05) is 0 Å². The van der Waals surface area contributed by atoms with Gasteiger partial charge in [0.25, 0.3) is 0 Å². The van der Waals surface area contributed by atoms with Crippen LogP contribution in [0.3, 0.4) is 0 Å². The van der Waals surface area contributed by atoms with Crippen LogP contribution >= 0.6 is 0 Å². The van der Waals surface area contributed by atoms with Gasteiger partial charge < -0.3 is 0 Å². The molecular weight excluding hydrogens is 395 g/mol. The molecule has 0 spiro atoms. The van der Waals surface area contributed by atoms with Crippen LogP contribution in [0.2, 0.25) is 12.5 Å². The van der Waals surface area contributed by atoms with Crippen molar-refractivity contribution in [2.45, 2.75) is 112 Å². The van der Waals surface area contributed by atoms with Crippen LogP contribution in [0.15, 0.2) is 0 Å². The maximum absolute atomic E-state index is 2.69. The Kier molecular flexibility index (Phi) is 15.4. The van der Waals surface area contributed by atoms with Crippen molar-refractivity contribution in [1.29, 1.82) is 0 Å². The van der Waals surface area contributed by atoms with Crippen molar-refractivity contribution in [1.82, 2.24) is 9.80 Å². The van der Waals surface area contributed by atoms with Crippen molar-refractivity contribution in [2.24, 2.45) is 0 Å². The van der Waals surface area contributed by atoms with Crippen molar-refractivity contribution in [3.8, 4) is 0 Å². The Morgan fingerprint density at radius 2 is 1.17 bits per heavy atom. The summed E-state index contributed by atoms with van der Waals surface area (Å²) < 4.78 is 4.88. The van der Waals surface area contributed by atoms with Crippen molar-refractivity contribution in [3.05, 3.63) is 0 Å². The molecule has 0 saturated heterocycles. The number of rotatable bonds is 15. The Labute approximate surface area is 162 Å². The van der Waals surface area contributed by atoms with E-state index >= 15 is 0 Å². The Morgan fingerprint density at radius 3 is 1.58 bits per heavy atom. The van der Waals surface area contributed by atoms with E-state index in [0.717, 1.165) is 6.04 Å². The van der Waals surface area contributed by atoms with Gasteiger partial charge in [0.1, 0.15) is 0 Å². The van der Waals surface area contributed by atoms with Gasteiger partial charge in [0.15, 0.2) is 0 Å². The van der Waals surface area contributed by atoms with E-state index in [0.29, 0.717) is 12.1 Å². The van der Waals surface area contributed by atoms with E-state index in [1.54, 1.807) is 12.5 Å². The fourth-order valence-corrected chi connectivity index (χ4v) is 13.2. The quantitative estimate of drug-likeness (QED) is 0.311. The molecule has 0 aromatic rings. The summed E-state index contributed by atoms with van der Waals surface area (Å²) in [5.41, 5.74) is 0. The summed E-state index contributed by atoms with van der Waals surface area (Å²) in [6.45, 7) is 22.8. The monoisotopic (exact) mass is 442 g/mol. The molecule has 24 heavy (non-hydrogen) atoms. The van der Waals surface area contributed by atoms with Gasteiger partial charge in [-0.1, -0.05) is 0 Å². The molecule has 0 aromatic heterocycles. The Morgan fingerprint density at radius 1 is 0.625 bits per heavy atom. The second kappa shape index (κ2) is 14.9. The summed E-state index contributed by atoms with van der Waals surface area (Å²) in [5, 5.41) is 0. The molecule has 0 bridgehead atoms. The molecule has 144 valence electrons. The molecule has 2 nitrogen and oxygen atoms in total.